The predicted molar refractivity (Wildman–Crippen MR) is 126 cm³/mol. The molecule has 184 valence electrons. The van der Waals surface area contributed by atoms with Gasteiger partial charge in [0.25, 0.3) is 0 Å². The Morgan fingerprint density at radius 3 is 2.68 bits per heavy atom. The van der Waals surface area contributed by atoms with Gasteiger partial charge in [0.1, 0.15) is 5.84 Å². The van der Waals surface area contributed by atoms with Gasteiger partial charge in [-0.05, 0) is 30.2 Å². The number of hydrogen-bond donors (Lipinski definition) is 3. The lowest BCUT2D eigenvalue weighted by atomic mass is 10.0. The number of hydrogen-bond acceptors (Lipinski definition) is 6. The Morgan fingerprint density at radius 2 is 2.09 bits per heavy atom. The maximum absolute atomic E-state index is 13.6. The minimum atomic E-state index is -4.59. The highest BCUT2D eigenvalue weighted by molar-refractivity contribution is 6.10. The van der Waals surface area contributed by atoms with Gasteiger partial charge in [-0.25, -0.2) is 4.99 Å². The lowest BCUT2D eigenvalue weighted by Gasteiger charge is -2.31. The van der Waals surface area contributed by atoms with Crippen LogP contribution in [0.4, 0.5) is 18.9 Å². The molecule has 0 aliphatic carbocycles. The number of carbonyl (C=O) groups excluding carboxylic acids is 1. The van der Waals surface area contributed by atoms with Crippen LogP contribution < -0.4 is 16.8 Å². The highest BCUT2D eigenvalue weighted by Crippen LogP contribution is 2.34. The van der Waals surface area contributed by atoms with Crippen LogP contribution in [0.5, 0.6) is 0 Å². The van der Waals surface area contributed by atoms with E-state index in [4.69, 9.17) is 16.2 Å². The number of nitrogens with zero attached hydrogens (tertiary/aromatic N) is 3. The van der Waals surface area contributed by atoms with Crippen LogP contribution in [0.15, 0.2) is 45.7 Å². The molecular formula is C23H29F3N6O2. The number of allylic oxidation sites excluding steroid dienone is 1. The first-order valence-corrected chi connectivity index (χ1v) is 10.9. The van der Waals surface area contributed by atoms with Crippen molar-refractivity contribution in [3.63, 3.8) is 0 Å². The summed E-state index contributed by atoms with van der Waals surface area (Å²) in [6, 6.07) is 3.48. The van der Waals surface area contributed by atoms with Crippen molar-refractivity contribution in [1.82, 2.24) is 10.2 Å². The Kier molecular flexibility index (Phi) is 7.98. The molecule has 2 aliphatic heterocycles. The van der Waals surface area contributed by atoms with Crippen LogP contribution >= 0.6 is 0 Å². The highest BCUT2D eigenvalue weighted by atomic mass is 19.4. The number of nitrogens with two attached hydrogens (primary N) is 2. The molecule has 0 aromatic heterocycles. The van der Waals surface area contributed by atoms with Gasteiger partial charge in [0, 0.05) is 62.8 Å². The molecule has 11 heteroatoms. The van der Waals surface area contributed by atoms with Gasteiger partial charge in [-0.15, -0.1) is 0 Å². The number of nitrogens with one attached hydrogen (secondary N) is 1. The van der Waals surface area contributed by atoms with Gasteiger partial charge in [-0.3, -0.25) is 9.79 Å². The summed E-state index contributed by atoms with van der Waals surface area (Å²) in [6.45, 7) is 3.38. The molecule has 0 radical (unpaired) electrons. The molecule has 1 unspecified atom stereocenters. The van der Waals surface area contributed by atoms with Gasteiger partial charge in [-0.2, -0.15) is 13.2 Å². The van der Waals surface area contributed by atoms with Gasteiger partial charge in [0.05, 0.1) is 30.4 Å². The van der Waals surface area contributed by atoms with E-state index < -0.39 is 11.7 Å². The third-order valence-corrected chi connectivity index (χ3v) is 5.68. The zero-order valence-electron chi connectivity index (χ0n) is 19.2. The Bertz CT molecular complexity index is 1040. The molecule has 1 fully saturated rings. The Labute approximate surface area is 196 Å². The maximum Gasteiger partial charge on any atom is 0.416 e. The van der Waals surface area contributed by atoms with Gasteiger partial charge < -0.3 is 26.4 Å². The van der Waals surface area contributed by atoms with Gasteiger partial charge in [-0.1, -0.05) is 0 Å². The van der Waals surface area contributed by atoms with Crippen molar-refractivity contribution < 1.29 is 22.7 Å². The lowest BCUT2D eigenvalue weighted by Crippen LogP contribution is -2.43. The van der Waals surface area contributed by atoms with Crippen molar-refractivity contribution in [1.29, 1.82) is 0 Å². The molecule has 2 aliphatic rings. The number of amidine groups is 1. The summed E-state index contributed by atoms with van der Waals surface area (Å²) in [7, 11) is 1.49. The molecule has 3 rings (SSSR count). The largest absolute Gasteiger partial charge is 0.416 e. The summed E-state index contributed by atoms with van der Waals surface area (Å²) in [4.78, 5) is 21.8. The van der Waals surface area contributed by atoms with Crippen molar-refractivity contribution in [3.8, 4) is 0 Å². The van der Waals surface area contributed by atoms with Crippen LogP contribution in [0.25, 0.3) is 5.57 Å². The SMILES string of the molecule is CN=CC(=CN)c1cc(N=C(N)C2=C(NC3CCOC3)CCN(C(C)=O)C2)cc(C(F)(F)F)c1. The Morgan fingerprint density at radius 1 is 1.32 bits per heavy atom. The second-order valence-corrected chi connectivity index (χ2v) is 8.13. The van der Waals surface area contributed by atoms with Crippen molar-refractivity contribution in [2.24, 2.45) is 21.5 Å². The Hall–Kier alpha value is -3.34. The Balaban J connectivity index is 2.05. The average molecular weight is 479 g/mol. The van der Waals surface area contributed by atoms with Crippen molar-refractivity contribution in [2.75, 3.05) is 33.4 Å². The van der Waals surface area contributed by atoms with Crippen molar-refractivity contribution in [2.45, 2.75) is 32.0 Å². The number of ether oxygens (including phenoxy) is 1. The molecule has 2 heterocycles. The number of carbonyl (C=O) groups is 1. The smallest absolute Gasteiger partial charge is 0.404 e. The lowest BCUT2D eigenvalue weighted by molar-refractivity contribution is -0.137. The molecule has 8 nitrogen and oxygen atoms in total. The molecule has 1 atom stereocenters. The molecule has 1 amide bonds. The molecule has 0 spiro atoms. The molecule has 34 heavy (non-hydrogen) atoms. The molecular weight excluding hydrogens is 449 g/mol. The van der Waals surface area contributed by atoms with Crippen LogP contribution in [-0.2, 0) is 15.7 Å². The monoisotopic (exact) mass is 478 g/mol. The number of rotatable bonds is 6. The van der Waals surface area contributed by atoms with E-state index in [0.29, 0.717) is 37.3 Å². The fourth-order valence-corrected chi connectivity index (χ4v) is 3.89. The average Bonchev–Trinajstić information content (AvgIpc) is 3.29. The number of halogens is 3. The van der Waals surface area contributed by atoms with Gasteiger partial charge in [0.15, 0.2) is 0 Å². The van der Waals surface area contributed by atoms with Gasteiger partial charge in [0.2, 0.25) is 5.91 Å². The van der Waals surface area contributed by atoms with Crippen molar-refractivity contribution in [3.05, 3.63) is 46.8 Å². The molecule has 1 aromatic carbocycles. The van der Waals surface area contributed by atoms with E-state index in [1.165, 1.54) is 32.5 Å². The first-order chi connectivity index (χ1) is 16.1. The number of aliphatic imine (C=N–C) groups is 2. The maximum atomic E-state index is 13.6. The third kappa shape index (κ3) is 6.16. The van der Waals surface area contributed by atoms with E-state index in [0.717, 1.165) is 24.3 Å². The van der Waals surface area contributed by atoms with Crippen molar-refractivity contribution >= 4 is 29.2 Å². The normalized spacial score (nSPS) is 20.4. The topological polar surface area (TPSA) is 118 Å². The summed E-state index contributed by atoms with van der Waals surface area (Å²) >= 11 is 0. The van der Waals surface area contributed by atoms with Crippen LogP contribution in [0, 0.1) is 0 Å². The second-order valence-electron chi connectivity index (χ2n) is 8.13. The van der Waals surface area contributed by atoms with Gasteiger partial charge >= 0.3 is 6.18 Å². The molecule has 5 N–H and O–H groups in total. The zero-order chi connectivity index (χ0) is 24.9. The summed E-state index contributed by atoms with van der Waals surface area (Å²) < 4.78 is 46.2. The minimum absolute atomic E-state index is 0.0159. The van der Waals surface area contributed by atoms with Crippen LogP contribution in [-0.4, -0.2) is 62.3 Å². The number of amides is 1. The van der Waals surface area contributed by atoms with Crippen LogP contribution in [0.1, 0.15) is 30.9 Å². The zero-order valence-corrected chi connectivity index (χ0v) is 19.2. The molecule has 0 saturated carbocycles. The van der Waals surface area contributed by atoms with E-state index in [1.54, 1.807) is 4.90 Å². The summed E-state index contributed by atoms with van der Waals surface area (Å²) in [6.07, 6.45) is -0.689. The molecule has 1 saturated heterocycles. The minimum Gasteiger partial charge on any atom is -0.404 e. The second kappa shape index (κ2) is 10.7. The van der Waals surface area contributed by atoms with E-state index in [9.17, 15) is 18.0 Å². The third-order valence-electron chi connectivity index (χ3n) is 5.68. The van der Waals surface area contributed by atoms with Crippen LogP contribution in [0.3, 0.4) is 0 Å². The molecule has 0 bridgehead atoms. The number of benzene rings is 1. The molecule has 1 aromatic rings. The van der Waals surface area contributed by atoms with Crippen LogP contribution in [0.2, 0.25) is 0 Å². The summed E-state index contributed by atoms with van der Waals surface area (Å²) in [5.74, 6) is -0.0773. The van der Waals surface area contributed by atoms with E-state index in [1.807, 2.05) is 0 Å². The first kappa shape index (κ1) is 25.3. The fraction of sp³-hybridized carbons (Fsp3) is 0.435. The van der Waals surface area contributed by atoms with E-state index in [2.05, 4.69) is 15.3 Å². The quantitative estimate of drug-likeness (QED) is 0.429. The predicted octanol–water partition coefficient (Wildman–Crippen LogP) is 2.58. The highest BCUT2D eigenvalue weighted by Gasteiger charge is 2.32. The summed E-state index contributed by atoms with van der Waals surface area (Å²) in [5, 5.41) is 3.42. The number of alkyl halides is 3. The standard InChI is InChI=1S/C23H29F3N6O2/c1-14(33)32-5-3-21(30-18-4-6-34-13-18)20(12-32)22(28)31-19-8-15(16(10-27)11-29-2)7-17(9-19)23(24,25)26/h7-11,18,30H,3-6,12-13,27H2,1-2H3,(H2,28,31). The first-order valence-electron chi connectivity index (χ1n) is 10.9. The van der Waals surface area contributed by atoms with E-state index in [-0.39, 0.29) is 35.6 Å². The fourth-order valence-electron chi connectivity index (χ4n) is 3.89. The van der Waals surface area contributed by atoms with E-state index >= 15 is 0 Å². The summed E-state index contributed by atoms with van der Waals surface area (Å²) in [5.41, 5.74) is 13.0.